The second-order valence-corrected chi connectivity index (χ2v) is 13.5. The van der Waals surface area contributed by atoms with Crippen LogP contribution in [0.25, 0.3) is 6.08 Å². The maximum absolute atomic E-state index is 13.5. The number of esters is 2. The summed E-state index contributed by atoms with van der Waals surface area (Å²) in [6.45, 7) is 10.9. The molecular formula is C37H47ClN2O7. The van der Waals surface area contributed by atoms with Gasteiger partial charge in [0, 0.05) is 25.3 Å². The van der Waals surface area contributed by atoms with E-state index in [-0.39, 0.29) is 37.6 Å². The molecule has 47 heavy (non-hydrogen) atoms. The van der Waals surface area contributed by atoms with Crippen LogP contribution in [0.3, 0.4) is 0 Å². The van der Waals surface area contributed by atoms with Gasteiger partial charge in [-0.15, -0.1) is 0 Å². The van der Waals surface area contributed by atoms with Crippen LogP contribution in [-0.4, -0.2) is 55.7 Å². The van der Waals surface area contributed by atoms with E-state index in [4.69, 9.17) is 25.8 Å². The molecule has 254 valence electrons. The lowest BCUT2D eigenvalue weighted by atomic mass is 9.93. The maximum atomic E-state index is 13.5. The van der Waals surface area contributed by atoms with E-state index < -0.39 is 47.4 Å². The van der Waals surface area contributed by atoms with Gasteiger partial charge in [-0.1, -0.05) is 86.5 Å². The zero-order valence-electron chi connectivity index (χ0n) is 28.3. The van der Waals surface area contributed by atoms with Gasteiger partial charge >= 0.3 is 11.9 Å². The highest BCUT2D eigenvalue weighted by molar-refractivity contribution is 6.32. The van der Waals surface area contributed by atoms with Crippen LogP contribution in [-0.2, 0) is 35.1 Å². The molecule has 0 fully saturated rings. The number of carbonyl (C=O) groups is 4. The summed E-state index contributed by atoms with van der Waals surface area (Å²) in [5.41, 5.74) is 1.63. The number of benzene rings is 2. The van der Waals surface area contributed by atoms with Crippen LogP contribution < -0.4 is 15.4 Å². The first-order valence-electron chi connectivity index (χ1n) is 15.9. The Morgan fingerprint density at radius 1 is 1.06 bits per heavy atom. The second-order valence-electron chi connectivity index (χ2n) is 13.1. The lowest BCUT2D eigenvalue weighted by Gasteiger charge is -2.29. The van der Waals surface area contributed by atoms with E-state index in [0.29, 0.717) is 16.3 Å². The van der Waals surface area contributed by atoms with Crippen LogP contribution in [0.15, 0.2) is 60.7 Å². The number of amides is 2. The molecule has 0 bridgehead atoms. The Morgan fingerprint density at radius 3 is 2.47 bits per heavy atom. The van der Waals surface area contributed by atoms with Gasteiger partial charge in [-0.3, -0.25) is 14.4 Å². The summed E-state index contributed by atoms with van der Waals surface area (Å²) in [5, 5.41) is 5.91. The predicted octanol–water partition coefficient (Wildman–Crippen LogP) is 6.01. The SMILES string of the molecule is COc1ccc(C[C@H]2NC(=O)/C=C/C[C@@H]([C@H](C)/C=C/c3cccc(C)c3)OC(=O)[C@H](CC(C)C)OC(=O)C(C)(C)CNC2=O)cc1Cl. The zero-order chi connectivity index (χ0) is 34.7. The van der Waals surface area contributed by atoms with Gasteiger partial charge in [-0.05, 0) is 62.4 Å². The second kappa shape index (κ2) is 17.2. The van der Waals surface area contributed by atoms with Crippen molar-refractivity contribution < 1.29 is 33.4 Å². The number of cyclic esters (lactones) is 2. The fraction of sp³-hybridized carbons (Fsp3) is 0.459. The molecule has 0 unspecified atom stereocenters. The minimum atomic E-state index is -1.19. The number of nitrogens with one attached hydrogen (secondary N) is 2. The summed E-state index contributed by atoms with van der Waals surface area (Å²) in [6, 6.07) is 12.2. The fourth-order valence-corrected chi connectivity index (χ4v) is 5.26. The van der Waals surface area contributed by atoms with Crippen LogP contribution in [0.5, 0.6) is 5.75 Å². The van der Waals surface area contributed by atoms with Gasteiger partial charge in [0.2, 0.25) is 11.8 Å². The van der Waals surface area contributed by atoms with Crippen molar-refractivity contribution in [1.82, 2.24) is 10.6 Å². The summed E-state index contributed by atoms with van der Waals surface area (Å²) in [4.78, 5) is 53.5. The van der Waals surface area contributed by atoms with Crippen molar-refractivity contribution in [2.75, 3.05) is 13.7 Å². The van der Waals surface area contributed by atoms with Crippen molar-refractivity contribution in [3.8, 4) is 5.75 Å². The number of carbonyl (C=O) groups excluding carboxylic acids is 4. The monoisotopic (exact) mass is 666 g/mol. The topological polar surface area (TPSA) is 120 Å². The molecule has 1 heterocycles. The standard InChI is InChI=1S/C37H47ClN2O7/c1-23(2)18-32-35(43)46-30(25(4)14-15-26-11-8-10-24(3)19-26)12-9-13-33(41)40-29(21-27-16-17-31(45-7)28(38)20-27)34(42)39-22-37(5,6)36(44)47-32/h8-11,13-17,19-20,23,25,29-30,32H,12,18,21-22H2,1-7H3,(H,39,42)(H,40,41)/b13-9+,15-14+/t25-,29-,30+,32+/m1/s1. The highest BCUT2D eigenvalue weighted by Gasteiger charge is 2.37. The normalized spacial score (nSPS) is 22.6. The Morgan fingerprint density at radius 2 is 1.81 bits per heavy atom. The molecule has 0 spiro atoms. The van der Waals surface area contributed by atoms with Crippen LogP contribution >= 0.6 is 11.6 Å². The van der Waals surface area contributed by atoms with Gasteiger partial charge in [0.15, 0.2) is 6.10 Å². The lowest BCUT2D eigenvalue weighted by molar-refractivity contribution is -0.178. The minimum absolute atomic E-state index is 0.0293. The molecule has 2 aromatic rings. The first-order chi connectivity index (χ1) is 22.2. The fourth-order valence-electron chi connectivity index (χ4n) is 4.98. The molecule has 1 aliphatic heterocycles. The Hall–Kier alpha value is -4.11. The Labute approximate surface area is 283 Å². The lowest BCUT2D eigenvalue weighted by Crippen LogP contribution is -2.51. The highest BCUT2D eigenvalue weighted by Crippen LogP contribution is 2.26. The van der Waals surface area contributed by atoms with Gasteiger partial charge < -0.3 is 24.8 Å². The van der Waals surface area contributed by atoms with Gasteiger partial charge in [0.1, 0.15) is 17.9 Å². The van der Waals surface area contributed by atoms with Gasteiger partial charge in [0.05, 0.1) is 17.5 Å². The Balaban J connectivity index is 1.94. The maximum Gasteiger partial charge on any atom is 0.347 e. The average molecular weight is 667 g/mol. The van der Waals surface area contributed by atoms with E-state index in [0.717, 1.165) is 11.1 Å². The van der Waals surface area contributed by atoms with Crippen LogP contribution in [0, 0.1) is 24.2 Å². The van der Waals surface area contributed by atoms with E-state index >= 15 is 0 Å². The molecule has 4 atom stereocenters. The van der Waals surface area contributed by atoms with Crippen molar-refractivity contribution >= 4 is 41.4 Å². The van der Waals surface area contributed by atoms with Crippen LogP contribution in [0.4, 0.5) is 0 Å². The summed E-state index contributed by atoms with van der Waals surface area (Å²) in [5.74, 6) is -2.04. The molecule has 2 aromatic carbocycles. The first kappa shape index (κ1) is 37.3. The number of hydrogen-bond donors (Lipinski definition) is 2. The highest BCUT2D eigenvalue weighted by atomic mass is 35.5. The van der Waals surface area contributed by atoms with Crippen molar-refractivity contribution in [2.45, 2.75) is 79.1 Å². The Kier molecular flexibility index (Phi) is 13.6. The third kappa shape index (κ3) is 11.6. The van der Waals surface area contributed by atoms with E-state index in [2.05, 4.69) is 10.6 Å². The first-order valence-corrected chi connectivity index (χ1v) is 16.3. The predicted molar refractivity (Wildman–Crippen MR) is 183 cm³/mol. The summed E-state index contributed by atoms with van der Waals surface area (Å²) >= 11 is 6.31. The van der Waals surface area contributed by atoms with Crippen molar-refractivity contribution in [3.63, 3.8) is 0 Å². The molecule has 0 aromatic heterocycles. The van der Waals surface area contributed by atoms with Crippen molar-refractivity contribution in [1.29, 1.82) is 0 Å². The quantitative estimate of drug-likeness (QED) is 0.331. The summed E-state index contributed by atoms with van der Waals surface area (Å²) in [6.07, 6.45) is 5.66. The largest absolute Gasteiger partial charge is 0.495 e. The number of hydrogen-bond acceptors (Lipinski definition) is 7. The smallest absolute Gasteiger partial charge is 0.347 e. The molecule has 1 aliphatic rings. The summed E-state index contributed by atoms with van der Waals surface area (Å²) in [7, 11) is 1.51. The molecule has 0 aliphatic carbocycles. The zero-order valence-corrected chi connectivity index (χ0v) is 29.1. The van der Waals surface area contributed by atoms with Crippen molar-refractivity contribution in [2.24, 2.45) is 17.3 Å². The number of rotatable bonds is 8. The van der Waals surface area contributed by atoms with E-state index in [9.17, 15) is 19.2 Å². The third-order valence-corrected chi connectivity index (χ3v) is 8.17. The number of methoxy groups -OCH3 is 1. The number of ether oxygens (including phenoxy) is 3. The molecule has 0 radical (unpaired) electrons. The van der Waals surface area contributed by atoms with Crippen molar-refractivity contribution in [3.05, 3.63) is 82.4 Å². The number of aryl methyl sites for hydroxylation is 1. The van der Waals surface area contributed by atoms with Gasteiger partial charge in [-0.2, -0.15) is 0 Å². The average Bonchev–Trinajstić information content (AvgIpc) is 3.00. The van der Waals surface area contributed by atoms with Gasteiger partial charge in [-0.25, -0.2) is 4.79 Å². The van der Waals surface area contributed by atoms with E-state index in [1.54, 1.807) is 38.1 Å². The van der Waals surface area contributed by atoms with E-state index in [1.807, 2.05) is 64.1 Å². The molecule has 0 saturated heterocycles. The molecule has 2 N–H and O–H groups in total. The van der Waals surface area contributed by atoms with E-state index in [1.165, 1.54) is 13.2 Å². The molecule has 0 saturated carbocycles. The van der Waals surface area contributed by atoms with Crippen LogP contribution in [0.1, 0.15) is 64.2 Å². The van der Waals surface area contributed by atoms with Gasteiger partial charge in [0.25, 0.3) is 0 Å². The molecule has 3 rings (SSSR count). The Bertz CT molecular complexity index is 1480. The number of halogens is 1. The minimum Gasteiger partial charge on any atom is -0.495 e. The molecule has 9 nitrogen and oxygen atoms in total. The van der Waals surface area contributed by atoms with Crippen LogP contribution in [0.2, 0.25) is 5.02 Å². The molecular weight excluding hydrogens is 620 g/mol. The molecule has 10 heteroatoms. The third-order valence-electron chi connectivity index (χ3n) is 7.87. The summed E-state index contributed by atoms with van der Waals surface area (Å²) < 4.78 is 17.0. The molecule has 2 amide bonds.